The molecule has 0 fully saturated rings. The minimum Gasteiger partial charge on any atom is -0.467 e. The number of hydrogen-bond donors (Lipinski definition) is 3. The van der Waals surface area contributed by atoms with Gasteiger partial charge in [0, 0.05) is 4.47 Å². The first kappa shape index (κ1) is 17.2. The summed E-state index contributed by atoms with van der Waals surface area (Å²) >= 11 is 3.09. The number of nitrogens with one attached hydrogen (secondary N) is 3. The van der Waals surface area contributed by atoms with Crippen LogP contribution in [-0.4, -0.2) is 20.2 Å². The van der Waals surface area contributed by atoms with Crippen molar-refractivity contribution in [3.8, 4) is 0 Å². The van der Waals surface area contributed by atoms with Crippen molar-refractivity contribution >= 4 is 37.8 Å². The van der Waals surface area contributed by atoms with E-state index in [4.69, 9.17) is 4.42 Å². The molecule has 0 atom stereocenters. The van der Waals surface area contributed by atoms with Gasteiger partial charge in [0.05, 0.1) is 17.7 Å². The van der Waals surface area contributed by atoms with E-state index >= 15 is 0 Å². The molecule has 2 rings (SSSR count). The number of furan rings is 1. The molecule has 0 spiro atoms. The van der Waals surface area contributed by atoms with Gasteiger partial charge < -0.3 is 9.73 Å². The van der Waals surface area contributed by atoms with E-state index in [-0.39, 0.29) is 11.4 Å². The molecule has 122 valence electrons. The zero-order valence-electron chi connectivity index (χ0n) is 11.6. The summed E-state index contributed by atoms with van der Waals surface area (Å²) < 4.78 is 29.4. The van der Waals surface area contributed by atoms with E-state index in [0.717, 1.165) is 0 Å². The molecule has 2 amide bonds. The number of carbonyl (C=O) groups excluding carboxylic acids is 2. The Morgan fingerprint density at radius 3 is 2.48 bits per heavy atom. The number of rotatable bonds is 5. The predicted molar refractivity (Wildman–Crippen MR) is 83.2 cm³/mol. The monoisotopic (exact) mass is 401 g/mol. The SMILES string of the molecule is O=C(NCc1ccco1)C(=O)NNS(=O)(=O)c1ccccc1Br. The van der Waals surface area contributed by atoms with Gasteiger partial charge in [-0.25, -0.2) is 8.42 Å². The first-order valence-electron chi connectivity index (χ1n) is 6.27. The second-order valence-corrected chi connectivity index (χ2v) is 6.76. The molecule has 8 nitrogen and oxygen atoms in total. The minimum absolute atomic E-state index is 0.0102. The summed E-state index contributed by atoms with van der Waals surface area (Å²) in [7, 11) is -4.01. The number of halogens is 1. The maximum Gasteiger partial charge on any atom is 0.324 e. The number of amides is 2. The normalized spacial score (nSPS) is 11.0. The summed E-state index contributed by atoms with van der Waals surface area (Å²) in [6, 6.07) is 9.30. The second-order valence-electron chi connectivity index (χ2n) is 4.25. The standard InChI is InChI=1S/C13H12BrN3O5S/c14-10-5-1-2-6-11(10)23(20,21)17-16-13(19)12(18)15-8-9-4-3-7-22-9/h1-7,17H,8H2,(H,15,18)(H,16,19). The lowest BCUT2D eigenvalue weighted by molar-refractivity contribution is -0.139. The van der Waals surface area contributed by atoms with Crippen LogP contribution < -0.4 is 15.6 Å². The highest BCUT2D eigenvalue weighted by molar-refractivity contribution is 9.10. The molecule has 0 aliphatic heterocycles. The topological polar surface area (TPSA) is 118 Å². The van der Waals surface area contributed by atoms with Gasteiger partial charge in [0.2, 0.25) is 0 Å². The van der Waals surface area contributed by atoms with E-state index in [1.165, 1.54) is 24.5 Å². The van der Waals surface area contributed by atoms with Crippen molar-refractivity contribution in [2.75, 3.05) is 0 Å². The van der Waals surface area contributed by atoms with Gasteiger partial charge >= 0.3 is 11.8 Å². The van der Waals surface area contributed by atoms with Gasteiger partial charge in [-0.2, -0.15) is 0 Å². The molecule has 0 aliphatic carbocycles. The fourth-order valence-corrected chi connectivity index (χ4v) is 3.39. The molecule has 0 saturated heterocycles. The third kappa shape index (κ3) is 4.65. The van der Waals surface area contributed by atoms with Crippen LogP contribution >= 0.6 is 15.9 Å². The summed E-state index contributed by atoms with van der Waals surface area (Å²) in [6.07, 6.45) is 1.42. The molecule has 1 aromatic heterocycles. The van der Waals surface area contributed by atoms with E-state index in [0.29, 0.717) is 10.2 Å². The van der Waals surface area contributed by atoms with E-state index in [9.17, 15) is 18.0 Å². The lowest BCUT2D eigenvalue weighted by Gasteiger charge is -2.09. The Kier molecular flexibility index (Phi) is 5.53. The number of carbonyl (C=O) groups is 2. The van der Waals surface area contributed by atoms with Crippen LogP contribution in [0.2, 0.25) is 0 Å². The quantitative estimate of drug-likeness (QED) is 0.502. The van der Waals surface area contributed by atoms with Crippen molar-refractivity contribution in [3.63, 3.8) is 0 Å². The van der Waals surface area contributed by atoms with Crippen LogP contribution in [0.5, 0.6) is 0 Å². The summed E-state index contributed by atoms with van der Waals surface area (Å²) in [6.45, 7) is 0.0102. The van der Waals surface area contributed by atoms with E-state index in [1.54, 1.807) is 18.2 Å². The zero-order valence-corrected chi connectivity index (χ0v) is 14.0. The summed E-state index contributed by atoms with van der Waals surface area (Å²) in [4.78, 5) is 24.9. The van der Waals surface area contributed by atoms with Gasteiger partial charge in [-0.3, -0.25) is 15.0 Å². The molecule has 0 unspecified atom stereocenters. The van der Waals surface area contributed by atoms with E-state index in [1.807, 2.05) is 10.3 Å². The fraction of sp³-hybridized carbons (Fsp3) is 0.0769. The van der Waals surface area contributed by atoms with Gasteiger partial charge in [0.25, 0.3) is 10.0 Å². The largest absolute Gasteiger partial charge is 0.467 e. The smallest absolute Gasteiger partial charge is 0.324 e. The molecule has 0 aliphatic rings. The van der Waals surface area contributed by atoms with Crippen LogP contribution in [0.3, 0.4) is 0 Å². The summed E-state index contributed by atoms with van der Waals surface area (Å²) in [5.74, 6) is -1.69. The molecule has 2 aromatic rings. The highest BCUT2D eigenvalue weighted by Gasteiger charge is 2.20. The van der Waals surface area contributed by atoms with Gasteiger partial charge in [0.1, 0.15) is 5.76 Å². The Labute approximate surface area is 140 Å². The Bertz CT molecular complexity index is 805. The molecular weight excluding hydrogens is 390 g/mol. The molecule has 1 heterocycles. The van der Waals surface area contributed by atoms with Crippen LogP contribution in [-0.2, 0) is 26.2 Å². The van der Waals surface area contributed by atoms with Crippen molar-refractivity contribution in [2.24, 2.45) is 0 Å². The molecule has 0 radical (unpaired) electrons. The first-order valence-corrected chi connectivity index (χ1v) is 8.54. The van der Waals surface area contributed by atoms with Crippen LogP contribution in [0.1, 0.15) is 5.76 Å². The molecule has 0 bridgehead atoms. The van der Waals surface area contributed by atoms with Gasteiger partial charge in [-0.1, -0.05) is 12.1 Å². The van der Waals surface area contributed by atoms with Crippen LogP contribution in [0.15, 0.2) is 56.4 Å². The summed E-state index contributed by atoms with van der Waals surface area (Å²) in [5.41, 5.74) is 1.84. The molecule has 3 N–H and O–H groups in total. The van der Waals surface area contributed by atoms with Crippen LogP contribution in [0.4, 0.5) is 0 Å². The van der Waals surface area contributed by atoms with Crippen LogP contribution in [0, 0.1) is 0 Å². The number of benzene rings is 1. The number of hydrazine groups is 1. The summed E-state index contributed by atoms with van der Waals surface area (Å²) in [5, 5.41) is 2.28. The van der Waals surface area contributed by atoms with Crippen LogP contribution in [0.25, 0.3) is 0 Å². The Balaban J connectivity index is 1.90. The maximum absolute atomic E-state index is 12.0. The fourth-order valence-electron chi connectivity index (χ4n) is 1.55. The molecular formula is C13H12BrN3O5S. The Hall–Kier alpha value is -2.17. The molecule has 10 heteroatoms. The third-order valence-electron chi connectivity index (χ3n) is 2.63. The predicted octanol–water partition coefficient (Wildman–Crippen LogP) is 0.668. The molecule has 0 saturated carbocycles. The average molecular weight is 402 g/mol. The highest BCUT2D eigenvalue weighted by Crippen LogP contribution is 2.20. The van der Waals surface area contributed by atoms with Crippen molar-refractivity contribution in [3.05, 3.63) is 52.9 Å². The molecule has 23 heavy (non-hydrogen) atoms. The first-order chi connectivity index (χ1) is 10.9. The van der Waals surface area contributed by atoms with Crippen molar-refractivity contribution in [1.82, 2.24) is 15.6 Å². The third-order valence-corrected chi connectivity index (χ3v) is 4.89. The van der Waals surface area contributed by atoms with Gasteiger partial charge in [-0.15, -0.1) is 4.83 Å². The van der Waals surface area contributed by atoms with Gasteiger partial charge in [0.15, 0.2) is 0 Å². The Morgan fingerprint density at radius 1 is 1.09 bits per heavy atom. The average Bonchev–Trinajstić information content (AvgIpc) is 3.04. The van der Waals surface area contributed by atoms with Crippen molar-refractivity contribution in [2.45, 2.75) is 11.4 Å². The highest BCUT2D eigenvalue weighted by atomic mass is 79.9. The maximum atomic E-state index is 12.0. The second kappa shape index (κ2) is 7.40. The molecule has 1 aromatic carbocycles. The van der Waals surface area contributed by atoms with E-state index in [2.05, 4.69) is 21.2 Å². The van der Waals surface area contributed by atoms with E-state index < -0.39 is 21.8 Å². The lowest BCUT2D eigenvalue weighted by Crippen LogP contribution is -2.48. The van der Waals surface area contributed by atoms with Crippen molar-refractivity contribution in [1.29, 1.82) is 0 Å². The minimum atomic E-state index is -4.01. The number of sulfonamides is 1. The van der Waals surface area contributed by atoms with Crippen molar-refractivity contribution < 1.29 is 22.4 Å². The Morgan fingerprint density at radius 2 is 1.83 bits per heavy atom. The number of hydrogen-bond acceptors (Lipinski definition) is 5. The lowest BCUT2D eigenvalue weighted by atomic mass is 10.4. The van der Waals surface area contributed by atoms with Gasteiger partial charge in [-0.05, 0) is 40.2 Å². The zero-order chi connectivity index (χ0) is 16.9.